The molecular formula is C22H14ClN3O3S. The zero-order chi connectivity index (χ0) is 20.9. The van der Waals surface area contributed by atoms with Crippen LogP contribution in [0.2, 0.25) is 5.02 Å². The van der Waals surface area contributed by atoms with Gasteiger partial charge in [0.15, 0.2) is 0 Å². The summed E-state index contributed by atoms with van der Waals surface area (Å²) in [6, 6.07) is 17.7. The van der Waals surface area contributed by atoms with Crippen LogP contribution in [0.3, 0.4) is 0 Å². The monoisotopic (exact) mass is 435 g/mol. The van der Waals surface area contributed by atoms with Gasteiger partial charge in [-0.1, -0.05) is 41.9 Å². The van der Waals surface area contributed by atoms with Gasteiger partial charge in [-0.15, -0.1) is 11.3 Å². The number of fused-ring (bicyclic) bond motifs is 1. The number of aromatic nitrogens is 1. The average molecular weight is 436 g/mol. The van der Waals surface area contributed by atoms with Crippen LogP contribution >= 0.6 is 22.9 Å². The van der Waals surface area contributed by atoms with Crippen molar-refractivity contribution in [3.8, 4) is 5.75 Å². The van der Waals surface area contributed by atoms with Crippen molar-refractivity contribution >= 4 is 51.1 Å². The Kier molecular flexibility index (Phi) is 5.83. The summed E-state index contributed by atoms with van der Waals surface area (Å²) in [5.74, 6) is -0.650. The molecule has 1 amide bonds. The van der Waals surface area contributed by atoms with Crippen LogP contribution in [-0.4, -0.2) is 23.1 Å². The normalized spacial score (nSPS) is 11.0. The summed E-state index contributed by atoms with van der Waals surface area (Å²) >= 11 is 7.64. The number of hydrazone groups is 1. The molecule has 2 heterocycles. The van der Waals surface area contributed by atoms with Gasteiger partial charge in [-0.3, -0.25) is 9.78 Å². The zero-order valence-corrected chi connectivity index (χ0v) is 17.0. The van der Waals surface area contributed by atoms with Crippen LogP contribution in [-0.2, 0) is 0 Å². The Hall–Kier alpha value is -3.55. The molecule has 0 aliphatic heterocycles. The van der Waals surface area contributed by atoms with Gasteiger partial charge in [0.25, 0.3) is 5.91 Å². The highest BCUT2D eigenvalue weighted by atomic mass is 35.5. The number of hydrogen-bond donors (Lipinski definition) is 1. The molecule has 8 heteroatoms. The van der Waals surface area contributed by atoms with Gasteiger partial charge in [0.05, 0.1) is 16.8 Å². The van der Waals surface area contributed by atoms with E-state index in [4.69, 9.17) is 16.3 Å². The number of thiophene rings is 1. The van der Waals surface area contributed by atoms with E-state index in [9.17, 15) is 9.59 Å². The number of nitrogens with zero attached hydrogens (tertiary/aromatic N) is 2. The number of hydrogen-bond acceptors (Lipinski definition) is 6. The Morgan fingerprint density at radius 3 is 2.67 bits per heavy atom. The first-order chi connectivity index (χ1) is 14.6. The highest BCUT2D eigenvalue weighted by Crippen LogP contribution is 2.35. The summed E-state index contributed by atoms with van der Waals surface area (Å²) in [7, 11) is 0. The van der Waals surface area contributed by atoms with Crippen molar-refractivity contribution < 1.29 is 14.3 Å². The lowest BCUT2D eigenvalue weighted by Gasteiger charge is -2.06. The predicted molar refractivity (Wildman–Crippen MR) is 118 cm³/mol. The number of halogens is 1. The second-order valence-electron chi connectivity index (χ2n) is 6.11. The van der Waals surface area contributed by atoms with Crippen LogP contribution in [0, 0.1) is 0 Å². The molecule has 0 atom stereocenters. The Bertz CT molecular complexity index is 1250. The number of carbonyl (C=O) groups is 2. The van der Waals surface area contributed by atoms with E-state index in [0.717, 1.165) is 10.1 Å². The van der Waals surface area contributed by atoms with E-state index < -0.39 is 11.9 Å². The summed E-state index contributed by atoms with van der Waals surface area (Å²) < 4.78 is 6.46. The lowest BCUT2D eigenvalue weighted by atomic mass is 10.2. The molecule has 2 aromatic carbocycles. The van der Waals surface area contributed by atoms with Gasteiger partial charge in [0, 0.05) is 28.0 Å². The molecule has 4 rings (SSSR count). The molecule has 0 aliphatic carbocycles. The number of para-hydroxylation sites is 1. The van der Waals surface area contributed by atoms with Gasteiger partial charge >= 0.3 is 5.97 Å². The molecule has 0 aliphatic rings. The standard InChI is InChI=1S/C22H14ClN3O3S/c23-19-16-8-2-4-10-18(16)30-20(19)22(28)29-17-9-3-1-6-14(17)13-25-26-21(27)15-7-5-11-24-12-15/h1-13H,(H,26,27)/b25-13+. The molecule has 0 saturated heterocycles. The first-order valence-electron chi connectivity index (χ1n) is 8.85. The van der Waals surface area contributed by atoms with Gasteiger partial charge in [-0.2, -0.15) is 5.10 Å². The number of pyridine rings is 1. The van der Waals surface area contributed by atoms with Gasteiger partial charge in [-0.05, 0) is 30.3 Å². The van der Waals surface area contributed by atoms with Crippen molar-refractivity contribution in [1.29, 1.82) is 0 Å². The highest BCUT2D eigenvalue weighted by Gasteiger charge is 2.19. The van der Waals surface area contributed by atoms with Crippen LogP contribution in [0.1, 0.15) is 25.6 Å². The van der Waals surface area contributed by atoms with E-state index >= 15 is 0 Å². The Morgan fingerprint density at radius 1 is 1.07 bits per heavy atom. The van der Waals surface area contributed by atoms with Crippen LogP contribution in [0.25, 0.3) is 10.1 Å². The number of nitrogens with one attached hydrogen (secondary N) is 1. The minimum absolute atomic E-state index is 0.301. The minimum Gasteiger partial charge on any atom is -0.422 e. The molecule has 148 valence electrons. The molecule has 4 aromatic rings. The topological polar surface area (TPSA) is 80.6 Å². The maximum Gasteiger partial charge on any atom is 0.355 e. The molecule has 0 fully saturated rings. The van der Waals surface area contributed by atoms with Crippen molar-refractivity contribution in [2.45, 2.75) is 0 Å². The fourth-order valence-corrected chi connectivity index (χ4v) is 4.08. The van der Waals surface area contributed by atoms with Crippen LogP contribution < -0.4 is 10.2 Å². The third-order valence-corrected chi connectivity index (χ3v) is 5.79. The van der Waals surface area contributed by atoms with E-state index in [1.54, 1.807) is 42.6 Å². The summed E-state index contributed by atoms with van der Waals surface area (Å²) in [4.78, 5) is 29.0. The first-order valence-corrected chi connectivity index (χ1v) is 10.0. The first kappa shape index (κ1) is 19.8. The number of carbonyl (C=O) groups excluding carboxylic acids is 2. The van der Waals surface area contributed by atoms with E-state index in [2.05, 4.69) is 15.5 Å². The smallest absolute Gasteiger partial charge is 0.355 e. The van der Waals surface area contributed by atoms with Gasteiger partial charge in [0.1, 0.15) is 10.6 Å². The molecule has 30 heavy (non-hydrogen) atoms. The molecule has 0 radical (unpaired) electrons. The summed E-state index contributed by atoms with van der Waals surface area (Å²) in [6.07, 6.45) is 4.42. The SMILES string of the molecule is O=C(N/N=C/c1ccccc1OC(=O)c1sc2ccccc2c1Cl)c1cccnc1. The second-order valence-corrected chi connectivity index (χ2v) is 7.54. The predicted octanol–water partition coefficient (Wildman–Crippen LogP) is 4.93. The van der Waals surface area contributed by atoms with Crippen molar-refractivity contribution in [2.24, 2.45) is 5.10 Å². The fourth-order valence-electron chi connectivity index (χ4n) is 2.69. The van der Waals surface area contributed by atoms with E-state index in [0.29, 0.717) is 26.8 Å². The fraction of sp³-hybridized carbons (Fsp3) is 0. The average Bonchev–Trinajstić information content (AvgIpc) is 3.12. The largest absolute Gasteiger partial charge is 0.422 e. The number of rotatable bonds is 5. The molecule has 0 unspecified atom stereocenters. The molecule has 6 nitrogen and oxygen atoms in total. The Labute approximate surface area is 180 Å². The van der Waals surface area contributed by atoms with Crippen LogP contribution in [0.5, 0.6) is 5.75 Å². The molecule has 0 spiro atoms. The lowest BCUT2D eigenvalue weighted by molar-refractivity contribution is 0.0739. The van der Waals surface area contributed by atoms with Crippen LogP contribution in [0.15, 0.2) is 78.2 Å². The van der Waals surface area contributed by atoms with Crippen molar-refractivity contribution in [3.05, 3.63) is 94.1 Å². The van der Waals surface area contributed by atoms with Gasteiger partial charge in [0.2, 0.25) is 0 Å². The minimum atomic E-state index is -0.554. The second kappa shape index (κ2) is 8.86. The third-order valence-electron chi connectivity index (χ3n) is 4.14. The molecule has 2 aromatic heterocycles. The third kappa shape index (κ3) is 4.22. The summed E-state index contributed by atoms with van der Waals surface area (Å²) in [6.45, 7) is 0. The van der Waals surface area contributed by atoms with Crippen molar-refractivity contribution in [1.82, 2.24) is 10.4 Å². The quantitative estimate of drug-likeness (QED) is 0.208. The molecule has 0 bridgehead atoms. The van der Waals surface area contributed by atoms with Crippen molar-refractivity contribution in [3.63, 3.8) is 0 Å². The Morgan fingerprint density at radius 2 is 1.87 bits per heavy atom. The number of amides is 1. The Balaban J connectivity index is 1.51. The van der Waals surface area contributed by atoms with E-state index in [1.807, 2.05) is 24.3 Å². The van der Waals surface area contributed by atoms with E-state index in [1.165, 1.54) is 23.7 Å². The maximum absolute atomic E-state index is 12.7. The van der Waals surface area contributed by atoms with E-state index in [-0.39, 0.29) is 0 Å². The molecular weight excluding hydrogens is 422 g/mol. The number of benzene rings is 2. The molecule has 0 saturated carbocycles. The highest BCUT2D eigenvalue weighted by molar-refractivity contribution is 7.21. The lowest BCUT2D eigenvalue weighted by Crippen LogP contribution is -2.17. The molecule has 1 N–H and O–H groups in total. The number of esters is 1. The zero-order valence-electron chi connectivity index (χ0n) is 15.4. The summed E-state index contributed by atoms with van der Waals surface area (Å²) in [5, 5.41) is 5.12. The number of ether oxygens (including phenoxy) is 1. The maximum atomic E-state index is 12.7. The van der Waals surface area contributed by atoms with Crippen molar-refractivity contribution in [2.75, 3.05) is 0 Å². The van der Waals surface area contributed by atoms with Gasteiger partial charge in [-0.25, -0.2) is 10.2 Å². The van der Waals surface area contributed by atoms with Crippen LogP contribution in [0.4, 0.5) is 0 Å². The van der Waals surface area contributed by atoms with Gasteiger partial charge < -0.3 is 4.74 Å². The summed E-state index contributed by atoms with van der Waals surface area (Å²) in [5.41, 5.74) is 3.32.